The first kappa shape index (κ1) is 33.0. The lowest BCUT2D eigenvalue weighted by atomic mass is 10.0. The van der Waals surface area contributed by atoms with Gasteiger partial charge in [0.2, 0.25) is 0 Å². The van der Waals surface area contributed by atoms with Gasteiger partial charge in [-0.3, -0.25) is 0 Å². The van der Waals surface area contributed by atoms with Crippen molar-refractivity contribution in [2.24, 2.45) is 0 Å². The van der Waals surface area contributed by atoms with Gasteiger partial charge in [-0.05, 0) is 48.0 Å². The zero-order valence-electron chi connectivity index (χ0n) is 30.6. The molecular formula is C51H32N4OS. The number of furan rings is 1. The van der Waals surface area contributed by atoms with Crippen molar-refractivity contribution in [2.45, 2.75) is 0 Å². The Morgan fingerprint density at radius 3 is 1.68 bits per heavy atom. The van der Waals surface area contributed by atoms with Crippen molar-refractivity contribution in [2.75, 3.05) is 4.90 Å². The van der Waals surface area contributed by atoms with Crippen molar-refractivity contribution in [3.05, 3.63) is 194 Å². The van der Waals surface area contributed by atoms with Gasteiger partial charge in [-0.15, -0.1) is 11.3 Å². The molecule has 0 amide bonds. The van der Waals surface area contributed by atoms with Gasteiger partial charge >= 0.3 is 0 Å². The van der Waals surface area contributed by atoms with Crippen LogP contribution in [0.3, 0.4) is 0 Å². The molecule has 3 heterocycles. The molecule has 0 aliphatic carbocycles. The van der Waals surface area contributed by atoms with Crippen LogP contribution in [0.4, 0.5) is 17.1 Å². The second-order valence-corrected chi connectivity index (χ2v) is 15.1. The Labute approximate surface area is 332 Å². The lowest BCUT2D eigenvalue weighted by Crippen LogP contribution is -2.11. The fourth-order valence-electron chi connectivity index (χ4n) is 7.88. The number of anilines is 3. The van der Waals surface area contributed by atoms with E-state index in [0.717, 1.165) is 66.8 Å². The Bertz CT molecular complexity index is 3190. The Morgan fingerprint density at radius 1 is 0.386 bits per heavy atom. The van der Waals surface area contributed by atoms with Gasteiger partial charge in [0.1, 0.15) is 11.2 Å². The first-order valence-corrected chi connectivity index (χ1v) is 19.8. The molecule has 11 aromatic rings. The molecule has 57 heavy (non-hydrogen) atoms. The van der Waals surface area contributed by atoms with Gasteiger partial charge in [-0.2, -0.15) is 0 Å². The molecule has 0 aliphatic rings. The highest BCUT2D eigenvalue weighted by Gasteiger charge is 2.22. The van der Waals surface area contributed by atoms with Gasteiger partial charge < -0.3 is 9.32 Å². The van der Waals surface area contributed by atoms with Crippen LogP contribution >= 0.6 is 11.3 Å². The predicted octanol–water partition coefficient (Wildman–Crippen LogP) is 14.3. The van der Waals surface area contributed by atoms with Crippen LogP contribution in [0.1, 0.15) is 0 Å². The predicted molar refractivity (Wildman–Crippen MR) is 236 cm³/mol. The van der Waals surface area contributed by atoms with Crippen LogP contribution in [-0.4, -0.2) is 15.0 Å². The second kappa shape index (κ2) is 13.7. The van der Waals surface area contributed by atoms with Gasteiger partial charge in [0.05, 0.1) is 5.69 Å². The van der Waals surface area contributed by atoms with Crippen LogP contribution in [0.2, 0.25) is 0 Å². The number of hydrogen-bond donors (Lipinski definition) is 0. The molecule has 0 aliphatic heterocycles. The molecule has 268 valence electrons. The topological polar surface area (TPSA) is 55.1 Å². The molecule has 5 nitrogen and oxygen atoms in total. The number of aromatic nitrogens is 3. The molecule has 0 spiro atoms. The quantitative estimate of drug-likeness (QED) is 0.162. The first-order chi connectivity index (χ1) is 28.2. The van der Waals surface area contributed by atoms with Crippen LogP contribution in [0.15, 0.2) is 199 Å². The van der Waals surface area contributed by atoms with Crippen molar-refractivity contribution in [3.63, 3.8) is 0 Å². The molecule has 11 rings (SSSR count). The van der Waals surface area contributed by atoms with E-state index in [2.05, 4.69) is 126 Å². The maximum absolute atomic E-state index is 6.74. The minimum atomic E-state index is 0.593. The number of para-hydroxylation sites is 1. The molecule has 0 unspecified atom stereocenters. The monoisotopic (exact) mass is 748 g/mol. The highest BCUT2D eigenvalue weighted by Crippen LogP contribution is 2.45. The molecule has 8 aromatic carbocycles. The summed E-state index contributed by atoms with van der Waals surface area (Å²) in [6, 6.07) is 67.4. The zero-order chi connectivity index (χ0) is 37.7. The maximum Gasteiger partial charge on any atom is 0.164 e. The number of rotatable bonds is 7. The van der Waals surface area contributed by atoms with Crippen molar-refractivity contribution < 1.29 is 4.42 Å². The SMILES string of the molecule is c1ccc(-c2nc(-c3ccccc3)nc(-c3cccc4oc5cc(N(c6ccc7c(c6)sc6ccccc67)c6ccccc6-c6ccccc6)ccc5c34)n2)cc1. The lowest BCUT2D eigenvalue weighted by Gasteiger charge is -2.28. The van der Waals surface area contributed by atoms with E-state index in [4.69, 9.17) is 19.4 Å². The summed E-state index contributed by atoms with van der Waals surface area (Å²) in [5, 5.41) is 4.50. The lowest BCUT2D eigenvalue weighted by molar-refractivity contribution is 0.669. The fraction of sp³-hybridized carbons (Fsp3) is 0. The molecule has 0 fully saturated rings. The number of benzene rings is 8. The number of hydrogen-bond acceptors (Lipinski definition) is 6. The molecule has 0 bridgehead atoms. The van der Waals surface area contributed by atoms with Crippen molar-refractivity contribution in [1.82, 2.24) is 15.0 Å². The van der Waals surface area contributed by atoms with Gasteiger partial charge in [0, 0.05) is 70.6 Å². The zero-order valence-corrected chi connectivity index (χ0v) is 31.4. The normalized spacial score (nSPS) is 11.5. The van der Waals surface area contributed by atoms with Crippen molar-refractivity contribution in [3.8, 4) is 45.3 Å². The van der Waals surface area contributed by atoms with E-state index in [1.54, 1.807) is 0 Å². The molecule has 0 saturated carbocycles. The molecule has 0 radical (unpaired) electrons. The van der Waals surface area contributed by atoms with Crippen molar-refractivity contribution >= 4 is 70.5 Å². The molecule has 0 saturated heterocycles. The highest BCUT2D eigenvalue weighted by atomic mass is 32.1. The minimum Gasteiger partial charge on any atom is -0.456 e. The third-order valence-electron chi connectivity index (χ3n) is 10.5. The van der Waals surface area contributed by atoms with E-state index in [1.807, 2.05) is 84.1 Å². The number of thiophene rings is 1. The van der Waals surface area contributed by atoms with Crippen LogP contribution in [0.25, 0.3) is 87.4 Å². The third-order valence-corrected chi connectivity index (χ3v) is 11.7. The van der Waals surface area contributed by atoms with Gasteiger partial charge in [-0.1, -0.05) is 146 Å². The summed E-state index contributed by atoms with van der Waals surface area (Å²) < 4.78 is 9.26. The van der Waals surface area contributed by atoms with Crippen LogP contribution in [0.5, 0.6) is 0 Å². The van der Waals surface area contributed by atoms with Crippen LogP contribution in [0, 0.1) is 0 Å². The Kier molecular flexibility index (Phi) is 7.93. The summed E-state index contributed by atoms with van der Waals surface area (Å²) >= 11 is 1.83. The van der Waals surface area contributed by atoms with Gasteiger partial charge in [0.15, 0.2) is 17.5 Å². The van der Waals surface area contributed by atoms with E-state index >= 15 is 0 Å². The van der Waals surface area contributed by atoms with Crippen molar-refractivity contribution in [1.29, 1.82) is 0 Å². The molecule has 3 aromatic heterocycles. The molecule has 0 atom stereocenters. The van der Waals surface area contributed by atoms with Gasteiger partial charge in [0.25, 0.3) is 0 Å². The van der Waals surface area contributed by atoms with Crippen LogP contribution in [-0.2, 0) is 0 Å². The third kappa shape index (κ3) is 5.82. The smallest absolute Gasteiger partial charge is 0.164 e. The second-order valence-electron chi connectivity index (χ2n) is 14.0. The van der Waals surface area contributed by atoms with E-state index < -0.39 is 0 Å². The Morgan fingerprint density at radius 2 is 0.947 bits per heavy atom. The summed E-state index contributed by atoms with van der Waals surface area (Å²) in [6.07, 6.45) is 0. The summed E-state index contributed by atoms with van der Waals surface area (Å²) in [5.74, 6) is 1.83. The number of fused-ring (bicyclic) bond motifs is 6. The van der Waals surface area contributed by atoms with E-state index in [9.17, 15) is 0 Å². The summed E-state index contributed by atoms with van der Waals surface area (Å²) in [7, 11) is 0. The number of nitrogens with zero attached hydrogens (tertiary/aromatic N) is 4. The summed E-state index contributed by atoms with van der Waals surface area (Å²) in [6.45, 7) is 0. The fourth-order valence-corrected chi connectivity index (χ4v) is 9.02. The largest absolute Gasteiger partial charge is 0.456 e. The summed E-state index contributed by atoms with van der Waals surface area (Å²) in [4.78, 5) is 17.4. The highest BCUT2D eigenvalue weighted by molar-refractivity contribution is 7.25. The van der Waals surface area contributed by atoms with E-state index in [-0.39, 0.29) is 0 Å². The summed E-state index contributed by atoms with van der Waals surface area (Å²) in [5.41, 5.74) is 9.72. The minimum absolute atomic E-state index is 0.593. The average Bonchev–Trinajstić information content (AvgIpc) is 3.85. The van der Waals surface area contributed by atoms with E-state index in [0.29, 0.717) is 17.5 Å². The Balaban J connectivity index is 1.10. The average molecular weight is 749 g/mol. The molecular weight excluding hydrogens is 717 g/mol. The van der Waals surface area contributed by atoms with E-state index in [1.165, 1.54) is 20.2 Å². The van der Waals surface area contributed by atoms with Gasteiger partial charge in [-0.25, -0.2) is 15.0 Å². The maximum atomic E-state index is 6.74. The molecule has 6 heteroatoms. The first-order valence-electron chi connectivity index (χ1n) is 18.9. The standard InChI is InChI=1S/C51H32N4OS/c1-4-15-33(16-5-1)38-21-10-12-24-43(38)55(37-27-29-40-39-22-11-13-26-46(39)57-47(40)32-37)36-28-30-41-45(31-36)56-44-25-14-23-42(48(41)44)51-53-49(34-17-6-2-7-18-34)52-50(54-51)35-19-8-3-9-20-35/h1-32H. The molecule has 0 N–H and O–H groups in total. The van der Waals surface area contributed by atoms with Crippen LogP contribution < -0.4 is 4.90 Å². The Hall–Kier alpha value is -7.41.